The van der Waals surface area contributed by atoms with Gasteiger partial charge in [-0.3, -0.25) is 9.10 Å². The number of carbonyl (C=O) groups is 1. The molecule has 1 amide bonds. The zero-order chi connectivity index (χ0) is 24.0. The molecule has 3 rings (SSSR count). The zero-order valence-corrected chi connectivity index (χ0v) is 20.4. The van der Waals surface area contributed by atoms with Crippen LogP contribution in [0.25, 0.3) is 0 Å². The summed E-state index contributed by atoms with van der Waals surface area (Å²) in [4.78, 5) is 12.9. The Morgan fingerprint density at radius 1 is 1.03 bits per heavy atom. The molecule has 0 atom stereocenters. The van der Waals surface area contributed by atoms with Crippen molar-refractivity contribution < 1.29 is 17.9 Å². The molecule has 6 nitrogen and oxygen atoms in total. The van der Waals surface area contributed by atoms with Gasteiger partial charge in [0.2, 0.25) is 5.91 Å². The molecule has 0 saturated heterocycles. The third-order valence-electron chi connectivity index (χ3n) is 4.85. The first-order valence-corrected chi connectivity index (χ1v) is 12.3. The van der Waals surface area contributed by atoms with Crippen LogP contribution < -0.4 is 14.4 Å². The van der Waals surface area contributed by atoms with Gasteiger partial charge in [0.25, 0.3) is 10.0 Å². The highest BCUT2D eigenvalue weighted by atomic mass is 35.5. The number of nitrogens with zero attached hydrogens (tertiary/aromatic N) is 1. The van der Waals surface area contributed by atoms with E-state index in [0.717, 1.165) is 21.2 Å². The third kappa shape index (κ3) is 6.49. The van der Waals surface area contributed by atoms with Crippen LogP contribution in [0.3, 0.4) is 0 Å². The average Bonchev–Trinajstić information content (AvgIpc) is 2.79. The second-order valence-corrected chi connectivity index (χ2v) is 10.1. The van der Waals surface area contributed by atoms with E-state index in [1.54, 1.807) is 36.4 Å². The summed E-state index contributed by atoms with van der Waals surface area (Å²) in [5.74, 6) is 0.310. The van der Waals surface area contributed by atoms with Crippen LogP contribution in [-0.2, 0) is 21.4 Å². The Bertz CT molecular complexity index is 1200. The van der Waals surface area contributed by atoms with Crippen molar-refractivity contribution in [1.82, 2.24) is 5.32 Å². The van der Waals surface area contributed by atoms with Gasteiger partial charge in [-0.1, -0.05) is 48.0 Å². The number of benzene rings is 3. The van der Waals surface area contributed by atoms with Crippen LogP contribution in [0.15, 0.2) is 77.7 Å². The molecule has 0 aliphatic heterocycles. The van der Waals surface area contributed by atoms with Gasteiger partial charge in [0.05, 0.1) is 16.7 Å². The van der Waals surface area contributed by atoms with E-state index in [1.807, 2.05) is 45.0 Å². The van der Waals surface area contributed by atoms with Gasteiger partial charge in [0, 0.05) is 11.6 Å². The topological polar surface area (TPSA) is 75.7 Å². The summed E-state index contributed by atoms with van der Waals surface area (Å²) in [5.41, 5.74) is 2.00. The SMILES string of the molecule is Cc1ccc(N(CC(=O)NCc2ccc(OC(C)C)cc2)S(=O)(=O)c2ccccc2)cc1Cl. The fourth-order valence-corrected chi connectivity index (χ4v) is 4.73. The van der Waals surface area contributed by atoms with Crippen LogP contribution in [0.1, 0.15) is 25.0 Å². The minimum Gasteiger partial charge on any atom is -0.491 e. The van der Waals surface area contributed by atoms with E-state index in [4.69, 9.17) is 16.3 Å². The van der Waals surface area contributed by atoms with Crippen LogP contribution in [-0.4, -0.2) is 27.0 Å². The molecule has 0 aliphatic rings. The number of halogens is 1. The number of nitrogens with one attached hydrogen (secondary N) is 1. The van der Waals surface area contributed by atoms with Gasteiger partial charge in [0.15, 0.2) is 0 Å². The number of rotatable bonds is 9. The minimum atomic E-state index is -3.98. The Kier molecular flexibility index (Phi) is 8.00. The first-order chi connectivity index (χ1) is 15.7. The van der Waals surface area contributed by atoms with Crippen LogP contribution in [0.5, 0.6) is 5.75 Å². The zero-order valence-electron chi connectivity index (χ0n) is 18.8. The lowest BCUT2D eigenvalue weighted by molar-refractivity contribution is -0.119. The van der Waals surface area contributed by atoms with Gasteiger partial charge in [-0.2, -0.15) is 0 Å². The number of hydrogen-bond acceptors (Lipinski definition) is 4. The predicted octanol–water partition coefficient (Wildman–Crippen LogP) is 4.95. The van der Waals surface area contributed by atoms with Crippen LogP contribution in [0, 0.1) is 6.92 Å². The first-order valence-electron chi connectivity index (χ1n) is 10.5. The summed E-state index contributed by atoms with van der Waals surface area (Å²) < 4.78 is 33.4. The molecule has 3 aromatic rings. The number of amides is 1. The van der Waals surface area contributed by atoms with E-state index in [0.29, 0.717) is 10.7 Å². The highest BCUT2D eigenvalue weighted by molar-refractivity contribution is 7.92. The number of aryl methyl sites for hydroxylation is 1. The smallest absolute Gasteiger partial charge is 0.264 e. The molecule has 0 aromatic heterocycles. The minimum absolute atomic E-state index is 0.0726. The van der Waals surface area contributed by atoms with Gasteiger partial charge in [-0.25, -0.2) is 8.42 Å². The molecule has 0 heterocycles. The van der Waals surface area contributed by atoms with Crippen molar-refractivity contribution in [3.8, 4) is 5.75 Å². The molecule has 1 N–H and O–H groups in total. The number of anilines is 1. The van der Waals surface area contributed by atoms with Crippen molar-refractivity contribution in [2.45, 2.75) is 38.3 Å². The Morgan fingerprint density at radius 2 is 1.70 bits per heavy atom. The summed E-state index contributed by atoms with van der Waals surface area (Å²) in [6.07, 6.45) is 0.0726. The molecule has 0 fully saturated rings. The van der Waals surface area contributed by atoms with Crippen molar-refractivity contribution in [3.63, 3.8) is 0 Å². The standard InChI is InChI=1S/C25H27ClN2O4S/c1-18(2)32-22-13-10-20(11-14-22)16-27-25(29)17-28(21-12-9-19(3)24(26)15-21)33(30,31)23-7-5-4-6-8-23/h4-15,18H,16-17H2,1-3H3,(H,27,29). The molecular formula is C25H27ClN2O4S. The molecule has 0 spiro atoms. The predicted molar refractivity (Wildman–Crippen MR) is 131 cm³/mol. The lowest BCUT2D eigenvalue weighted by Gasteiger charge is -2.24. The Morgan fingerprint density at radius 3 is 2.30 bits per heavy atom. The monoisotopic (exact) mass is 486 g/mol. The van der Waals surface area contributed by atoms with E-state index >= 15 is 0 Å². The Labute approximate surface area is 200 Å². The van der Waals surface area contributed by atoms with Crippen molar-refractivity contribution in [2.24, 2.45) is 0 Å². The molecule has 0 radical (unpaired) electrons. The number of sulfonamides is 1. The van der Waals surface area contributed by atoms with Gasteiger partial charge in [-0.15, -0.1) is 0 Å². The maximum absolute atomic E-state index is 13.4. The number of hydrogen-bond donors (Lipinski definition) is 1. The highest BCUT2D eigenvalue weighted by Gasteiger charge is 2.27. The molecular weight excluding hydrogens is 460 g/mol. The first kappa shape index (κ1) is 24.6. The molecule has 33 heavy (non-hydrogen) atoms. The van der Waals surface area contributed by atoms with Crippen molar-refractivity contribution in [1.29, 1.82) is 0 Å². The van der Waals surface area contributed by atoms with Crippen LogP contribution >= 0.6 is 11.6 Å². The van der Waals surface area contributed by atoms with Crippen LogP contribution in [0.4, 0.5) is 5.69 Å². The number of carbonyl (C=O) groups excluding carboxylic acids is 1. The van der Waals surface area contributed by atoms with Crippen molar-refractivity contribution in [3.05, 3.63) is 88.9 Å². The van der Waals surface area contributed by atoms with Gasteiger partial charge in [-0.05, 0) is 68.3 Å². The summed E-state index contributed by atoms with van der Waals surface area (Å²) in [6, 6.07) is 20.3. The largest absolute Gasteiger partial charge is 0.491 e. The Balaban J connectivity index is 1.78. The fraction of sp³-hybridized carbons (Fsp3) is 0.240. The molecule has 8 heteroatoms. The molecule has 3 aromatic carbocycles. The molecule has 0 bridgehead atoms. The maximum Gasteiger partial charge on any atom is 0.264 e. The van der Waals surface area contributed by atoms with E-state index in [1.165, 1.54) is 12.1 Å². The van der Waals surface area contributed by atoms with Crippen molar-refractivity contribution >= 4 is 33.2 Å². The van der Waals surface area contributed by atoms with E-state index in [-0.39, 0.29) is 24.1 Å². The highest BCUT2D eigenvalue weighted by Crippen LogP contribution is 2.28. The van der Waals surface area contributed by atoms with Gasteiger partial charge < -0.3 is 10.1 Å². The summed E-state index contributed by atoms with van der Waals surface area (Å²) in [6.45, 7) is 5.60. The average molecular weight is 487 g/mol. The van der Waals surface area contributed by atoms with E-state index in [2.05, 4.69) is 5.32 Å². The summed E-state index contributed by atoms with van der Waals surface area (Å²) in [5, 5.41) is 3.21. The lowest BCUT2D eigenvalue weighted by atomic mass is 10.2. The third-order valence-corrected chi connectivity index (χ3v) is 7.04. The van der Waals surface area contributed by atoms with E-state index in [9.17, 15) is 13.2 Å². The maximum atomic E-state index is 13.4. The quantitative estimate of drug-likeness (QED) is 0.464. The van der Waals surface area contributed by atoms with E-state index < -0.39 is 15.9 Å². The second kappa shape index (κ2) is 10.7. The Hall–Kier alpha value is -3.03. The number of ether oxygens (including phenoxy) is 1. The lowest BCUT2D eigenvalue weighted by Crippen LogP contribution is -2.40. The molecule has 0 aliphatic carbocycles. The summed E-state index contributed by atoms with van der Waals surface area (Å²) >= 11 is 6.24. The van der Waals surface area contributed by atoms with Crippen LogP contribution in [0.2, 0.25) is 5.02 Å². The normalized spacial score (nSPS) is 11.3. The second-order valence-electron chi connectivity index (χ2n) is 7.85. The summed E-state index contributed by atoms with van der Waals surface area (Å²) in [7, 11) is -3.98. The molecule has 174 valence electrons. The van der Waals surface area contributed by atoms with Gasteiger partial charge in [0.1, 0.15) is 12.3 Å². The fourth-order valence-electron chi connectivity index (χ4n) is 3.12. The molecule has 0 saturated carbocycles. The molecule has 0 unspecified atom stereocenters. The van der Waals surface area contributed by atoms with Crippen molar-refractivity contribution in [2.75, 3.05) is 10.8 Å². The van der Waals surface area contributed by atoms with Gasteiger partial charge >= 0.3 is 0 Å².